The molecular formula is C17H21N3O2. The summed E-state index contributed by atoms with van der Waals surface area (Å²) < 4.78 is 0. The van der Waals surface area contributed by atoms with E-state index in [4.69, 9.17) is 0 Å². The molecule has 2 heterocycles. The summed E-state index contributed by atoms with van der Waals surface area (Å²) in [5.74, 6) is -0.0264. The van der Waals surface area contributed by atoms with Gasteiger partial charge in [-0.05, 0) is 44.7 Å². The third kappa shape index (κ3) is 2.89. The average Bonchev–Trinajstić information content (AvgIpc) is 2.53. The molecule has 0 bridgehead atoms. The normalized spacial score (nSPS) is 24.0. The minimum Gasteiger partial charge on any atom is -0.351 e. The fourth-order valence-corrected chi connectivity index (χ4v) is 3.27. The van der Waals surface area contributed by atoms with Gasteiger partial charge in [0.15, 0.2) is 0 Å². The summed E-state index contributed by atoms with van der Waals surface area (Å²) in [6.45, 7) is 2.45. The highest BCUT2D eigenvalue weighted by Crippen LogP contribution is 2.42. The monoisotopic (exact) mass is 299 g/mol. The summed E-state index contributed by atoms with van der Waals surface area (Å²) in [5, 5.41) is 6.01. The van der Waals surface area contributed by atoms with Crippen LogP contribution in [0.15, 0.2) is 30.1 Å². The molecule has 1 unspecified atom stereocenters. The molecule has 0 saturated carbocycles. The minimum atomic E-state index is -0.111. The third-order valence-corrected chi connectivity index (χ3v) is 4.64. The maximum absolute atomic E-state index is 12.3. The molecule has 2 N–H and O–H groups in total. The van der Waals surface area contributed by atoms with Crippen LogP contribution in [-0.4, -0.2) is 23.3 Å². The van der Waals surface area contributed by atoms with Gasteiger partial charge in [-0.25, -0.2) is 0 Å². The molecule has 5 nitrogen and oxygen atoms in total. The smallest absolute Gasteiger partial charge is 0.252 e. The van der Waals surface area contributed by atoms with E-state index in [1.165, 1.54) is 0 Å². The van der Waals surface area contributed by atoms with Crippen molar-refractivity contribution in [3.63, 3.8) is 0 Å². The fourth-order valence-electron chi connectivity index (χ4n) is 3.27. The lowest BCUT2D eigenvalue weighted by molar-refractivity contribution is -0.122. The van der Waals surface area contributed by atoms with Crippen molar-refractivity contribution < 1.29 is 9.59 Å². The van der Waals surface area contributed by atoms with Gasteiger partial charge in [0.1, 0.15) is 0 Å². The number of nitrogens with one attached hydrogen (secondary N) is 2. The molecule has 22 heavy (non-hydrogen) atoms. The van der Waals surface area contributed by atoms with E-state index in [1.807, 2.05) is 13.0 Å². The SMILES string of the molecule is Cc1ccc(C(=O)NCC23CCCC=C2NC(=O)CC3)cn1. The number of amides is 2. The number of nitrogens with zero attached hydrogens (tertiary/aromatic N) is 1. The van der Waals surface area contributed by atoms with Crippen LogP contribution in [-0.2, 0) is 4.79 Å². The fraction of sp³-hybridized carbons (Fsp3) is 0.471. The van der Waals surface area contributed by atoms with Gasteiger partial charge < -0.3 is 10.6 Å². The van der Waals surface area contributed by atoms with Gasteiger partial charge in [-0.15, -0.1) is 0 Å². The largest absolute Gasteiger partial charge is 0.351 e. The molecule has 3 rings (SSSR count). The molecule has 0 radical (unpaired) electrons. The van der Waals surface area contributed by atoms with Crippen molar-refractivity contribution >= 4 is 11.8 Å². The molecule has 1 atom stereocenters. The van der Waals surface area contributed by atoms with Gasteiger partial charge in [0.25, 0.3) is 5.91 Å². The molecule has 5 heteroatoms. The number of carbonyl (C=O) groups excluding carboxylic acids is 2. The summed E-state index contributed by atoms with van der Waals surface area (Å²) in [6.07, 6.45) is 8.14. The number of allylic oxidation sites excluding steroid dienone is 1. The second-order valence-electron chi connectivity index (χ2n) is 6.21. The first-order chi connectivity index (χ1) is 10.6. The van der Waals surface area contributed by atoms with Gasteiger partial charge >= 0.3 is 0 Å². The van der Waals surface area contributed by atoms with Crippen molar-refractivity contribution in [3.05, 3.63) is 41.4 Å². The molecule has 116 valence electrons. The summed E-state index contributed by atoms with van der Waals surface area (Å²) in [7, 11) is 0. The number of carbonyl (C=O) groups is 2. The van der Waals surface area contributed by atoms with Crippen LogP contribution in [0.25, 0.3) is 0 Å². The lowest BCUT2D eigenvalue weighted by Gasteiger charge is -2.42. The Morgan fingerprint density at radius 2 is 2.27 bits per heavy atom. The number of hydrogen-bond donors (Lipinski definition) is 2. The van der Waals surface area contributed by atoms with Gasteiger partial charge in [0.2, 0.25) is 5.91 Å². The topological polar surface area (TPSA) is 71.1 Å². The van der Waals surface area contributed by atoms with E-state index in [9.17, 15) is 9.59 Å². The van der Waals surface area contributed by atoms with Gasteiger partial charge in [-0.3, -0.25) is 14.6 Å². The number of pyridine rings is 1. The van der Waals surface area contributed by atoms with Crippen molar-refractivity contribution in [1.29, 1.82) is 0 Å². The first-order valence-corrected chi connectivity index (χ1v) is 7.80. The molecule has 2 amide bonds. The third-order valence-electron chi connectivity index (χ3n) is 4.64. The van der Waals surface area contributed by atoms with Crippen LogP contribution in [0.3, 0.4) is 0 Å². The van der Waals surface area contributed by atoms with Crippen molar-refractivity contribution in [3.8, 4) is 0 Å². The zero-order valence-corrected chi connectivity index (χ0v) is 12.8. The van der Waals surface area contributed by atoms with Crippen LogP contribution < -0.4 is 10.6 Å². The predicted octanol–water partition coefficient (Wildman–Crippen LogP) is 2.08. The highest BCUT2D eigenvalue weighted by Gasteiger charge is 2.40. The van der Waals surface area contributed by atoms with E-state index in [0.29, 0.717) is 18.5 Å². The zero-order chi connectivity index (χ0) is 15.6. The van der Waals surface area contributed by atoms with E-state index in [1.54, 1.807) is 12.3 Å². The molecule has 0 spiro atoms. The zero-order valence-electron chi connectivity index (χ0n) is 12.8. The van der Waals surface area contributed by atoms with E-state index < -0.39 is 0 Å². The van der Waals surface area contributed by atoms with Gasteiger partial charge in [0, 0.05) is 36.0 Å². The second-order valence-corrected chi connectivity index (χ2v) is 6.21. The van der Waals surface area contributed by atoms with Crippen LogP contribution in [0.4, 0.5) is 0 Å². The Bertz CT molecular complexity index is 621. The molecule has 1 aromatic rings. The molecule has 1 aromatic heterocycles. The van der Waals surface area contributed by atoms with Crippen LogP contribution >= 0.6 is 0 Å². The van der Waals surface area contributed by atoms with Crippen LogP contribution in [0, 0.1) is 12.3 Å². The predicted molar refractivity (Wildman–Crippen MR) is 83.1 cm³/mol. The van der Waals surface area contributed by atoms with Crippen molar-refractivity contribution in [2.24, 2.45) is 5.41 Å². The standard InChI is InChI=1S/C17H21N3O2/c1-12-5-6-13(10-18-12)16(22)19-11-17-8-3-2-4-14(17)20-15(21)7-9-17/h4-6,10H,2-3,7-9,11H2,1H3,(H,19,22)(H,20,21). The Labute approximate surface area is 130 Å². The van der Waals surface area contributed by atoms with Crippen molar-refractivity contribution in [2.75, 3.05) is 6.54 Å². The molecule has 1 fully saturated rings. The van der Waals surface area contributed by atoms with E-state index in [2.05, 4.69) is 21.7 Å². The molecule has 2 aliphatic rings. The highest BCUT2D eigenvalue weighted by atomic mass is 16.2. The summed E-state index contributed by atoms with van der Waals surface area (Å²) in [5.41, 5.74) is 2.35. The maximum atomic E-state index is 12.3. The first-order valence-electron chi connectivity index (χ1n) is 7.80. The van der Waals surface area contributed by atoms with Gasteiger partial charge in [0.05, 0.1) is 5.56 Å². The molecular weight excluding hydrogens is 278 g/mol. The summed E-state index contributed by atoms with van der Waals surface area (Å²) >= 11 is 0. The number of aryl methyl sites for hydroxylation is 1. The van der Waals surface area contributed by atoms with E-state index in [-0.39, 0.29) is 17.2 Å². The second kappa shape index (κ2) is 5.91. The molecule has 1 aliphatic heterocycles. The number of aromatic nitrogens is 1. The highest BCUT2D eigenvalue weighted by molar-refractivity contribution is 5.94. The molecule has 1 aliphatic carbocycles. The van der Waals surface area contributed by atoms with Crippen LogP contribution in [0.1, 0.15) is 48.2 Å². The Morgan fingerprint density at radius 3 is 3.05 bits per heavy atom. The lowest BCUT2D eigenvalue weighted by atomic mass is 9.70. The number of hydrogen-bond acceptors (Lipinski definition) is 3. The lowest BCUT2D eigenvalue weighted by Crippen LogP contribution is -2.48. The Balaban J connectivity index is 1.70. The Kier molecular flexibility index (Phi) is 3.96. The van der Waals surface area contributed by atoms with Crippen molar-refractivity contribution in [1.82, 2.24) is 15.6 Å². The van der Waals surface area contributed by atoms with Crippen LogP contribution in [0.5, 0.6) is 0 Å². The first kappa shape index (κ1) is 14.8. The number of fused-ring (bicyclic) bond motifs is 1. The summed E-state index contributed by atoms with van der Waals surface area (Å²) in [4.78, 5) is 28.0. The summed E-state index contributed by atoms with van der Waals surface area (Å²) in [6, 6.07) is 3.62. The van der Waals surface area contributed by atoms with Crippen molar-refractivity contribution in [2.45, 2.75) is 39.0 Å². The molecule has 0 aromatic carbocycles. The minimum absolute atomic E-state index is 0.0813. The maximum Gasteiger partial charge on any atom is 0.252 e. The molecule has 1 saturated heterocycles. The van der Waals surface area contributed by atoms with E-state index in [0.717, 1.165) is 37.1 Å². The quantitative estimate of drug-likeness (QED) is 0.897. The van der Waals surface area contributed by atoms with Gasteiger partial charge in [-0.2, -0.15) is 0 Å². The Morgan fingerprint density at radius 1 is 1.41 bits per heavy atom. The van der Waals surface area contributed by atoms with E-state index >= 15 is 0 Å². The van der Waals surface area contributed by atoms with Gasteiger partial charge in [-0.1, -0.05) is 6.08 Å². The average molecular weight is 299 g/mol. The number of piperidine rings is 1. The number of rotatable bonds is 3. The van der Waals surface area contributed by atoms with Crippen LogP contribution in [0.2, 0.25) is 0 Å². The Hall–Kier alpha value is -2.17.